The summed E-state index contributed by atoms with van der Waals surface area (Å²) in [4.78, 5) is 26.1. The molecule has 0 aliphatic carbocycles. The van der Waals surface area contributed by atoms with E-state index < -0.39 is 5.54 Å². The van der Waals surface area contributed by atoms with E-state index in [-0.39, 0.29) is 6.03 Å². The van der Waals surface area contributed by atoms with Crippen LogP contribution in [0, 0.1) is 0 Å². The number of urea groups is 1. The zero-order valence-corrected chi connectivity index (χ0v) is 21.1. The van der Waals surface area contributed by atoms with Gasteiger partial charge in [-0.05, 0) is 44.0 Å². The van der Waals surface area contributed by atoms with Gasteiger partial charge in [-0.1, -0.05) is 30.4 Å². The van der Waals surface area contributed by atoms with Crippen molar-refractivity contribution in [1.82, 2.24) is 20.2 Å². The number of amides is 2. The number of carbonyl (C=O) groups excluding carboxylic acids is 1. The number of nitrogens with one attached hydrogen (secondary N) is 1. The number of benzene rings is 2. The van der Waals surface area contributed by atoms with E-state index in [1.807, 2.05) is 56.0 Å². The van der Waals surface area contributed by atoms with Gasteiger partial charge in [0.2, 0.25) is 0 Å². The van der Waals surface area contributed by atoms with Crippen LogP contribution in [-0.4, -0.2) is 61.3 Å². The highest BCUT2D eigenvalue weighted by atomic mass is 16.5. The van der Waals surface area contributed by atoms with Gasteiger partial charge in [0.1, 0.15) is 12.1 Å². The summed E-state index contributed by atoms with van der Waals surface area (Å²) in [6.07, 6.45) is 1.56. The Bertz CT molecular complexity index is 1250. The fraction of sp³-hybridized carbons (Fsp3) is 0.370. The first-order chi connectivity index (χ1) is 16.7. The summed E-state index contributed by atoms with van der Waals surface area (Å²) in [6, 6.07) is 11.8. The fourth-order valence-corrected chi connectivity index (χ4v) is 4.33. The lowest BCUT2D eigenvalue weighted by Crippen LogP contribution is -2.55. The van der Waals surface area contributed by atoms with Gasteiger partial charge < -0.3 is 24.6 Å². The third kappa shape index (κ3) is 5.01. The monoisotopic (exact) mass is 475 g/mol. The van der Waals surface area contributed by atoms with Crippen molar-refractivity contribution in [2.45, 2.75) is 26.3 Å². The van der Waals surface area contributed by atoms with Crippen molar-refractivity contribution in [2.24, 2.45) is 0 Å². The van der Waals surface area contributed by atoms with Crippen LogP contribution in [0.2, 0.25) is 0 Å². The lowest BCUT2D eigenvalue weighted by molar-refractivity contribution is 0.183. The van der Waals surface area contributed by atoms with E-state index in [4.69, 9.17) is 9.47 Å². The second-order valence-corrected chi connectivity index (χ2v) is 9.31. The van der Waals surface area contributed by atoms with Crippen LogP contribution in [0.3, 0.4) is 0 Å². The molecule has 3 aromatic rings. The standard InChI is InChI=1S/C27H33N5O3/c1-18(2)19-8-7-9-20(14-19)27(3,4)30-26(33)32-12-10-31(11-13-32)25-21-15-23(34-5)24(35-6)16-22(21)28-17-29-25/h7-9,14-17H,1,10-13H2,2-6H3,(H,30,33). The zero-order valence-electron chi connectivity index (χ0n) is 21.1. The Morgan fingerprint density at radius 2 is 1.71 bits per heavy atom. The van der Waals surface area contributed by atoms with E-state index in [9.17, 15) is 4.79 Å². The van der Waals surface area contributed by atoms with Gasteiger partial charge in [0, 0.05) is 37.6 Å². The minimum absolute atomic E-state index is 0.0747. The summed E-state index contributed by atoms with van der Waals surface area (Å²) in [5, 5.41) is 4.09. The number of aromatic nitrogens is 2. The molecule has 184 valence electrons. The van der Waals surface area contributed by atoms with Gasteiger partial charge in [-0.25, -0.2) is 14.8 Å². The SMILES string of the molecule is C=C(C)c1cccc(C(C)(C)NC(=O)N2CCN(c3ncnc4cc(OC)c(OC)cc34)CC2)c1. The van der Waals surface area contributed by atoms with Crippen LogP contribution >= 0.6 is 0 Å². The van der Waals surface area contributed by atoms with Crippen molar-refractivity contribution >= 4 is 28.3 Å². The lowest BCUT2D eigenvalue weighted by Gasteiger charge is -2.38. The first-order valence-corrected chi connectivity index (χ1v) is 11.7. The summed E-state index contributed by atoms with van der Waals surface area (Å²) < 4.78 is 10.9. The van der Waals surface area contributed by atoms with Gasteiger partial charge in [0.15, 0.2) is 11.5 Å². The number of rotatable bonds is 6. The summed E-state index contributed by atoms with van der Waals surface area (Å²) >= 11 is 0. The first-order valence-electron chi connectivity index (χ1n) is 11.7. The van der Waals surface area contributed by atoms with Crippen LogP contribution in [0.25, 0.3) is 16.5 Å². The molecule has 1 aromatic heterocycles. The molecule has 0 atom stereocenters. The van der Waals surface area contributed by atoms with Gasteiger partial charge in [-0.2, -0.15) is 0 Å². The van der Waals surface area contributed by atoms with Gasteiger partial charge in [0.25, 0.3) is 0 Å². The largest absolute Gasteiger partial charge is 0.493 e. The molecule has 8 heteroatoms. The predicted octanol–water partition coefficient (Wildman–Crippen LogP) is 4.45. The number of piperazine rings is 1. The van der Waals surface area contributed by atoms with E-state index in [0.717, 1.165) is 33.4 Å². The summed E-state index contributed by atoms with van der Waals surface area (Å²) in [5.74, 6) is 2.09. The van der Waals surface area contributed by atoms with Crippen LogP contribution in [0.1, 0.15) is 31.9 Å². The number of allylic oxidation sites excluding steroid dienone is 1. The van der Waals surface area contributed by atoms with Crippen LogP contribution in [0.4, 0.5) is 10.6 Å². The molecule has 1 fully saturated rings. The molecule has 1 aliphatic heterocycles. The Balaban J connectivity index is 1.46. The molecule has 0 spiro atoms. The number of nitrogens with zero attached hydrogens (tertiary/aromatic N) is 4. The molecule has 1 aliphatic rings. The second-order valence-electron chi connectivity index (χ2n) is 9.31. The Labute approximate surface area is 206 Å². The Kier molecular flexibility index (Phi) is 6.82. The van der Waals surface area contributed by atoms with Crippen molar-refractivity contribution in [3.8, 4) is 11.5 Å². The van der Waals surface area contributed by atoms with Gasteiger partial charge in [-0.15, -0.1) is 0 Å². The van der Waals surface area contributed by atoms with E-state index >= 15 is 0 Å². The lowest BCUT2D eigenvalue weighted by atomic mass is 9.92. The number of ether oxygens (including phenoxy) is 2. The molecule has 0 bridgehead atoms. The third-order valence-electron chi connectivity index (χ3n) is 6.48. The van der Waals surface area contributed by atoms with Crippen LogP contribution < -0.4 is 19.7 Å². The maximum absolute atomic E-state index is 13.1. The molecule has 2 amide bonds. The summed E-state index contributed by atoms with van der Waals surface area (Å²) in [7, 11) is 3.22. The smallest absolute Gasteiger partial charge is 0.318 e. The Morgan fingerprint density at radius 1 is 1.03 bits per heavy atom. The maximum Gasteiger partial charge on any atom is 0.318 e. The van der Waals surface area contributed by atoms with Crippen LogP contribution in [0.5, 0.6) is 11.5 Å². The number of carbonyl (C=O) groups is 1. The summed E-state index contributed by atoms with van der Waals surface area (Å²) in [6.45, 7) is 12.6. The Hall–Kier alpha value is -3.81. The molecule has 1 N–H and O–H groups in total. The molecule has 0 radical (unpaired) electrons. The molecule has 35 heavy (non-hydrogen) atoms. The van der Waals surface area contributed by atoms with Gasteiger partial charge in [-0.3, -0.25) is 0 Å². The molecule has 4 rings (SSSR count). The van der Waals surface area contributed by atoms with Crippen molar-refractivity contribution < 1.29 is 14.3 Å². The van der Waals surface area contributed by atoms with E-state index in [1.165, 1.54) is 0 Å². The number of anilines is 1. The highest BCUT2D eigenvalue weighted by Crippen LogP contribution is 2.35. The van der Waals surface area contributed by atoms with E-state index in [2.05, 4.69) is 32.8 Å². The quantitative estimate of drug-likeness (QED) is 0.568. The third-order valence-corrected chi connectivity index (χ3v) is 6.48. The predicted molar refractivity (Wildman–Crippen MR) is 139 cm³/mol. The molecule has 2 heterocycles. The molecule has 0 unspecified atom stereocenters. The minimum atomic E-state index is -0.516. The molecule has 8 nitrogen and oxygen atoms in total. The van der Waals surface area contributed by atoms with Crippen molar-refractivity contribution in [3.05, 3.63) is 60.4 Å². The Morgan fingerprint density at radius 3 is 2.37 bits per heavy atom. The molecule has 0 saturated carbocycles. The fourth-order valence-electron chi connectivity index (χ4n) is 4.33. The molecular weight excluding hydrogens is 442 g/mol. The maximum atomic E-state index is 13.1. The zero-order chi connectivity index (χ0) is 25.2. The number of hydrogen-bond donors (Lipinski definition) is 1. The summed E-state index contributed by atoms with van der Waals surface area (Å²) in [5.41, 5.74) is 3.38. The number of hydrogen-bond acceptors (Lipinski definition) is 6. The van der Waals surface area contributed by atoms with E-state index in [0.29, 0.717) is 37.7 Å². The van der Waals surface area contributed by atoms with Gasteiger partial charge in [0.05, 0.1) is 25.3 Å². The number of fused-ring (bicyclic) bond motifs is 1. The topological polar surface area (TPSA) is 79.8 Å². The van der Waals surface area contributed by atoms with Gasteiger partial charge >= 0.3 is 6.03 Å². The number of methoxy groups -OCH3 is 2. The second kappa shape index (κ2) is 9.82. The first kappa shape index (κ1) is 24.3. The average Bonchev–Trinajstić information content (AvgIpc) is 2.87. The highest BCUT2D eigenvalue weighted by molar-refractivity contribution is 5.92. The van der Waals surface area contributed by atoms with Crippen molar-refractivity contribution in [1.29, 1.82) is 0 Å². The molecular formula is C27H33N5O3. The van der Waals surface area contributed by atoms with Crippen molar-refractivity contribution in [3.63, 3.8) is 0 Å². The van der Waals surface area contributed by atoms with Crippen LogP contribution in [0.15, 0.2) is 49.3 Å². The normalized spacial score (nSPS) is 14.1. The average molecular weight is 476 g/mol. The minimum Gasteiger partial charge on any atom is -0.493 e. The highest BCUT2D eigenvalue weighted by Gasteiger charge is 2.29. The molecule has 1 saturated heterocycles. The van der Waals surface area contributed by atoms with Crippen LogP contribution in [-0.2, 0) is 5.54 Å². The van der Waals surface area contributed by atoms with E-state index in [1.54, 1.807) is 20.5 Å². The molecule has 2 aromatic carbocycles. The van der Waals surface area contributed by atoms with Crippen molar-refractivity contribution in [2.75, 3.05) is 45.3 Å².